The molecule has 1 saturated heterocycles. The van der Waals surface area contributed by atoms with Crippen LogP contribution in [0.2, 0.25) is 0 Å². The summed E-state index contributed by atoms with van der Waals surface area (Å²) in [6.45, 7) is 1.82. The van der Waals surface area contributed by atoms with E-state index in [9.17, 15) is 31.1 Å². The van der Waals surface area contributed by atoms with E-state index in [0.29, 0.717) is 24.7 Å². The van der Waals surface area contributed by atoms with Gasteiger partial charge in [0.15, 0.2) is 0 Å². The van der Waals surface area contributed by atoms with Crippen LogP contribution in [0.3, 0.4) is 0 Å². The van der Waals surface area contributed by atoms with Crippen LogP contribution in [0.15, 0.2) is 15.3 Å². The Morgan fingerprint density at radius 3 is 2.53 bits per heavy atom. The lowest BCUT2D eigenvalue weighted by Crippen LogP contribution is -2.52. The number of anilines is 2. The van der Waals surface area contributed by atoms with E-state index < -0.39 is 48.7 Å². The van der Waals surface area contributed by atoms with E-state index in [1.807, 2.05) is 6.92 Å². The maximum absolute atomic E-state index is 13.8. The molecule has 2 aliphatic heterocycles. The Balaban J connectivity index is 1.76. The number of alkyl halides is 6. The zero-order chi connectivity index (χ0) is 23.3. The predicted molar refractivity (Wildman–Crippen MR) is 96.1 cm³/mol. The molecule has 0 bridgehead atoms. The Kier molecular flexibility index (Phi) is 5.55. The Morgan fingerprint density at radius 2 is 1.91 bits per heavy atom. The molecule has 0 saturated carbocycles. The minimum Gasteiger partial charge on any atom is -0.415 e. The fraction of sp³-hybridized carbons (Fsp3) is 0.647. The molecule has 4 rings (SSSR count). The molecule has 176 valence electrons. The zero-order valence-electron chi connectivity index (χ0n) is 16.7. The second-order valence-corrected chi connectivity index (χ2v) is 7.49. The van der Waals surface area contributed by atoms with Crippen molar-refractivity contribution < 1.29 is 35.5 Å². The number of morpholine rings is 1. The highest BCUT2D eigenvalue weighted by atomic mass is 19.4. The lowest BCUT2D eigenvalue weighted by atomic mass is 10.1. The average Bonchev–Trinajstić information content (AvgIpc) is 3.17. The van der Waals surface area contributed by atoms with Crippen LogP contribution in [0.4, 0.5) is 38.1 Å². The van der Waals surface area contributed by atoms with Gasteiger partial charge in [-0.25, -0.2) is 0 Å². The Hall–Kier alpha value is -2.84. The van der Waals surface area contributed by atoms with Crippen molar-refractivity contribution in [3.05, 3.63) is 28.2 Å². The van der Waals surface area contributed by atoms with Gasteiger partial charge in [0, 0.05) is 19.2 Å². The summed E-state index contributed by atoms with van der Waals surface area (Å²) in [6, 6.07) is -1.06. The highest BCUT2D eigenvalue weighted by molar-refractivity contribution is 5.47. The number of nitrogens with zero attached hydrogens (tertiary/aromatic N) is 6. The molecule has 4 heterocycles. The van der Waals surface area contributed by atoms with Gasteiger partial charge in [-0.1, -0.05) is 0 Å². The van der Waals surface area contributed by atoms with Crippen molar-refractivity contribution in [2.75, 3.05) is 29.6 Å². The molecule has 0 unspecified atom stereocenters. The Bertz CT molecular complexity index is 1040. The minimum absolute atomic E-state index is 0.159. The van der Waals surface area contributed by atoms with Crippen molar-refractivity contribution in [1.29, 1.82) is 0 Å². The van der Waals surface area contributed by atoms with E-state index in [1.54, 1.807) is 4.90 Å². The highest BCUT2D eigenvalue weighted by Crippen LogP contribution is 2.36. The molecule has 2 aromatic heterocycles. The highest BCUT2D eigenvalue weighted by Gasteiger charge is 2.48. The number of fused-ring (bicyclic) bond motifs is 1. The fourth-order valence-electron chi connectivity index (χ4n) is 3.77. The molecule has 0 N–H and O–H groups in total. The number of rotatable bonds is 3. The molecular weight excluding hydrogens is 450 g/mol. The molecule has 32 heavy (non-hydrogen) atoms. The summed E-state index contributed by atoms with van der Waals surface area (Å²) < 4.78 is 90.5. The molecule has 15 heteroatoms. The van der Waals surface area contributed by atoms with Crippen molar-refractivity contribution in [1.82, 2.24) is 19.7 Å². The normalized spacial score (nSPS) is 22.2. The SMILES string of the molecule is C[C@@H]1COCCN1c1cc(=O)n2c(n1)N(Cc1nnc(C(F)(F)F)o1)[C@H](C(F)(F)F)CC2. The van der Waals surface area contributed by atoms with Gasteiger partial charge in [0.1, 0.15) is 11.9 Å². The van der Waals surface area contributed by atoms with Crippen LogP contribution in [0.5, 0.6) is 0 Å². The van der Waals surface area contributed by atoms with Gasteiger partial charge in [-0.05, 0) is 13.3 Å². The number of halogens is 6. The van der Waals surface area contributed by atoms with Crippen molar-refractivity contribution in [2.24, 2.45) is 0 Å². The van der Waals surface area contributed by atoms with Crippen LogP contribution in [0.25, 0.3) is 0 Å². The molecule has 1 fully saturated rings. The van der Waals surface area contributed by atoms with E-state index in [1.165, 1.54) is 6.07 Å². The summed E-state index contributed by atoms with van der Waals surface area (Å²) in [4.78, 5) is 19.4. The molecule has 0 aromatic carbocycles. The van der Waals surface area contributed by atoms with E-state index in [2.05, 4.69) is 19.6 Å². The first kappa shape index (κ1) is 22.4. The number of aromatic nitrogens is 4. The predicted octanol–water partition coefficient (Wildman–Crippen LogP) is 2.21. The van der Waals surface area contributed by atoms with Crippen LogP contribution in [0.1, 0.15) is 25.1 Å². The molecule has 0 aliphatic carbocycles. The molecule has 0 spiro atoms. The average molecular weight is 468 g/mol. The molecule has 0 amide bonds. The lowest BCUT2D eigenvalue weighted by Gasteiger charge is -2.39. The van der Waals surface area contributed by atoms with Crippen molar-refractivity contribution in [2.45, 2.75) is 50.9 Å². The van der Waals surface area contributed by atoms with Crippen LogP contribution in [0, 0.1) is 0 Å². The summed E-state index contributed by atoms with van der Waals surface area (Å²) in [5.41, 5.74) is -0.573. The lowest BCUT2D eigenvalue weighted by molar-refractivity contribution is -0.158. The third-order valence-corrected chi connectivity index (χ3v) is 5.29. The monoisotopic (exact) mass is 468 g/mol. The zero-order valence-corrected chi connectivity index (χ0v) is 16.7. The maximum Gasteiger partial charge on any atom is 0.470 e. The summed E-state index contributed by atoms with van der Waals surface area (Å²) in [5.74, 6) is -2.52. The van der Waals surface area contributed by atoms with E-state index in [-0.39, 0.29) is 24.4 Å². The molecule has 2 atom stereocenters. The van der Waals surface area contributed by atoms with Gasteiger partial charge in [0.2, 0.25) is 11.8 Å². The molecule has 0 radical (unpaired) electrons. The number of hydrogen-bond acceptors (Lipinski definition) is 8. The van der Waals surface area contributed by atoms with Crippen LogP contribution < -0.4 is 15.4 Å². The first-order valence-corrected chi connectivity index (χ1v) is 9.64. The quantitative estimate of drug-likeness (QED) is 0.634. The Labute approximate surface area is 176 Å². The molecule has 2 aromatic rings. The van der Waals surface area contributed by atoms with Crippen molar-refractivity contribution in [3.8, 4) is 0 Å². The standard InChI is InChI=1S/C17H18F6N6O3/c1-9-8-31-5-4-27(9)11-6-13(30)28-3-2-10(16(18,19)20)29(15(28)24-11)7-12-25-26-14(32-12)17(21,22)23/h6,9-10H,2-5,7-8H2,1H3/t9-,10+/m1/s1. The van der Waals surface area contributed by atoms with Crippen molar-refractivity contribution in [3.63, 3.8) is 0 Å². The summed E-state index contributed by atoms with van der Waals surface area (Å²) in [5, 5.41) is 6.08. The maximum atomic E-state index is 13.8. The molecule has 9 nitrogen and oxygen atoms in total. The largest absolute Gasteiger partial charge is 0.470 e. The van der Waals surface area contributed by atoms with Gasteiger partial charge >= 0.3 is 18.2 Å². The van der Waals surface area contributed by atoms with Crippen molar-refractivity contribution >= 4 is 11.8 Å². The summed E-state index contributed by atoms with van der Waals surface area (Å²) in [7, 11) is 0. The van der Waals surface area contributed by atoms with Gasteiger partial charge in [-0.2, -0.15) is 31.3 Å². The molecule has 2 aliphatic rings. The van der Waals surface area contributed by atoms with Gasteiger partial charge in [0.25, 0.3) is 5.56 Å². The van der Waals surface area contributed by atoms with Gasteiger partial charge in [-0.15, -0.1) is 10.2 Å². The minimum atomic E-state index is -4.94. The third-order valence-electron chi connectivity index (χ3n) is 5.29. The molecular formula is C17H18F6N6O3. The summed E-state index contributed by atoms with van der Waals surface area (Å²) in [6.07, 6.45) is -10.2. The first-order chi connectivity index (χ1) is 14.9. The van der Waals surface area contributed by atoms with Crippen LogP contribution in [-0.4, -0.2) is 57.8 Å². The first-order valence-electron chi connectivity index (χ1n) is 9.64. The van der Waals surface area contributed by atoms with E-state index in [0.717, 1.165) is 4.57 Å². The smallest absolute Gasteiger partial charge is 0.415 e. The summed E-state index contributed by atoms with van der Waals surface area (Å²) >= 11 is 0. The van der Waals surface area contributed by atoms with E-state index >= 15 is 0 Å². The number of hydrogen-bond donors (Lipinski definition) is 0. The number of ether oxygens (including phenoxy) is 1. The fourth-order valence-corrected chi connectivity index (χ4v) is 3.77. The topological polar surface area (TPSA) is 89.5 Å². The third kappa shape index (κ3) is 4.25. The van der Waals surface area contributed by atoms with Crippen LogP contribution in [-0.2, 0) is 24.0 Å². The second kappa shape index (κ2) is 7.94. The van der Waals surface area contributed by atoms with Gasteiger partial charge in [-0.3, -0.25) is 9.36 Å². The van der Waals surface area contributed by atoms with Crippen LogP contribution >= 0.6 is 0 Å². The van der Waals surface area contributed by atoms with E-state index in [4.69, 9.17) is 4.74 Å². The van der Waals surface area contributed by atoms with Gasteiger partial charge < -0.3 is 19.0 Å². The Morgan fingerprint density at radius 1 is 1.16 bits per heavy atom. The van der Waals surface area contributed by atoms with Gasteiger partial charge in [0.05, 0.1) is 25.8 Å². The second-order valence-electron chi connectivity index (χ2n) is 7.49.